The fourth-order valence-corrected chi connectivity index (χ4v) is 3.16. The molecule has 2 unspecified atom stereocenters. The first kappa shape index (κ1) is 14.2. The smallest absolute Gasteiger partial charge is 0.0469 e. The van der Waals surface area contributed by atoms with Gasteiger partial charge < -0.3 is 15.2 Å². The molecule has 0 aliphatic carbocycles. The quantitative estimate of drug-likeness (QED) is 0.873. The van der Waals surface area contributed by atoms with Crippen LogP contribution in [-0.2, 0) is 0 Å². The number of nitrogens with zero attached hydrogens (tertiary/aromatic N) is 1. The zero-order valence-electron chi connectivity index (χ0n) is 12.8. The molecule has 3 nitrogen and oxygen atoms in total. The molecule has 3 heteroatoms. The van der Waals surface area contributed by atoms with Crippen molar-refractivity contribution in [3.05, 3.63) is 48.8 Å². The average molecular weight is 283 g/mol. The van der Waals surface area contributed by atoms with E-state index in [0.29, 0.717) is 12.1 Å². The summed E-state index contributed by atoms with van der Waals surface area (Å²) in [7, 11) is 0. The molecule has 1 saturated heterocycles. The van der Waals surface area contributed by atoms with E-state index in [2.05, 4.69) is 70.9 Å². The summed E-state index contributed by atoms with van der Waals surface area (Å²) in [6.45, 7) is 3.46. The van der Waals surface area contributed by atoms with Gasteiger partial charge in [0.1, 0.15) is 0 Å². The van der Waals surface area contributed by atoms with Crippen LogP contribution in [0.15, 0.2) is 48.8 Å². The van der Waals surface area contributed by atoms with Gasteiger partial charge >= 0.3 is 0 Å². The molecule has 0 amide bonds. The number of rotatable bonds is 5. The first-order chi connectivity index (χ1) is 10.3. The van der Waals surface area contributed by atoms with Gasteiger partial charge in [-0.05, 0) is 63.1 Å². The molecule has 0 saturated carbocycles. The van der Waals surface area contributed by atoms with E-state index in [9.17, 15) is 0 Å². The minimum absolute atomic E-state index is 0.487. The van der Waals surface area contributed by atoms with E-state index in [0.717, 1.165) is 0 Å². The Labute approximate surface area is 127 Å². The SMILES string of the molecule is CC(CC1CCCCN1)Nc1cccc(-n2cccc2)c1. The molecule has 2 N–H and O–H groups in total. The number of benzene rings is 1. The first-order valence-electron chi connectivity index (χ1n) is 8.04. The number of hydrogen-bond donors (Lipinski definition) is 2. The Balaban J connectivity index is 1.60. The van der Waals surface area contributed by atoms with Crippen molar-refractivity contribution in [2.24, 2.45) is 0 Å². The monoisotopic (exact) mass is 283 g/mol. The first-order valence-corrected chi connectivity index (χ1v) is 8.04. The summed E-state index contributed by atoms with van der Waals surface area (Å²) in [6.07, 6.45) is 9.36. The molecule has 0 radical (unpaired) electrons. The fourth-order valence-electron chi connectivity index (χ4n) is 3.16. The molecule has 112 valence electrons. The molecule has 2 aromatic rings. The lowest BCUT2D eigenvalue weighted by molar-refractivity contribution is 0.371. The molecular weight excluding hydrogens is 258 g/mol. The molecule has 3 rings (SSSR count). The van der Waals surface area contributed by atoms with Gasteiger partial charge in [-0.3, -0.25) is 0 Å². The summed E-state index contributed by atoms with van der Waals surface area (Å²) in [5.74, 6) is 0. The predicted octanol–water partition coefficient (Wildman–Crippen LogP) is 3.81. The molecule has 1 aromatic heterocycles. The number of anilines is 1. The third-order valence-electron chi connectivity index (χ3n) is 4.21. The van der Waals surface area contributed by atoms with E-state index < -0.39 is 0 Å². The van der Waals surface area contributed by atoms with Gasteiger partial charge in [0.2, 0.25) is 0 Å². The lowest BCUT2D eigenvalue weighted by Crippen LogP contribution is -2.37. The van der Waals surface area contributed by atoms with E-state index in [1.54, 1.807) is 0 Å². The second kappa shape index (κ2) is 6.81. The lowest BCUT2D eigenvalue weighted by atomic mass is 9.98. The maximum Gasteiger partial charge on any atom is 0.0469 e. The van der Waals surface area contributed by atoms with Crippen molar-refractivity contribution >= 4 is 5.69 Å². The molecule has 1 aliphatic rings. The average Bonchev–Trinajstić information content (AvgIpc) is 3.02. The Morgan fingerprint density at radius 2 is 2.10 bits per heavy atom. The van der Waals surface area contributed by atoms with Crippen LogP contribution in [0.3, 0.4) is 0 Å². The molecule has 2 heterocycles. The number of nitrogens with one attached hydrogen (secondary N) is 2. The van der Waals surface area contributed by atoms with Crippen molar-refractivity contribution in [1.82, 2.24) is 9.88 Å². The molecule has 1 aromatic carbocycles. The Bertz CT molecular complexity index is 541. The number of piperidine rings is 1. The van der Waals surface area contributed by atoms with Gasteiger partial charge in [0.15, 0.2) is 0 Å². The van der Waals surface area contributed by atoms with Crippen LogP contribution in [0.5, 0.6) is 0 Å². The van der Waals surface area contributed by atoms with Crippen LogP contribution in [0.4, 0.5) is 5.69 Å². The van der Waals surface area contributed by atoms with Crippen LogP contribution in [-0.4, -0.2) is 23.2 Å². The molecule has 0 bridgehead atoms. The van der Waals surface area contributed by atoms with Crippen molar-refractivity contribution in [3.8, 4) is 5.69 Å². The van der Waals surface area contributed by atoms with E-state index in [1.807, 2.05) is 0 Å². The van der Waals surface area contributed by atoms with E-state index in [1.165, 1.54) is 43.6 Å². The minimum Gasteiger partial charge on any atom is -0.382 e. The van der Waals surface area contributed by atoms with Crippen molar-refractivity contribution in [3.63, 3.8) is 0 Å². The number of aromatic nitrogens is 1. The summed E-state index contributed by atoms with van der Waals surface area (Å²) >= 11 is 0. The van der Waals surface area contributed by atoms with E-state index >= 15 is 0 Å². The second-order valence-corrected chi connectivity index (χ2v) is 6.07. The van der Waals surface area contributed by atoms with E-state index in [4.69, 9.17) is 0 Å². The van der Waals surface area contributed by atoms with Crippen LogP contribution in [0, 0.1) is 0 Å². The molecule has 1 fully saturated rings. The molecule has 21 heavy (non-hydrogen) atoms. The van der Waals surface area contributed by atoms with E-state index in [-0.39, 0.29) is 0 Å². The van der Waals surface area contributed by atoms with Crippen LogP contribution in [0.2, 0.25) is 0 Å². The minimum atomic E-state index is 0.487. The Morgan fingerprint density at radius 1 is 1.24 bits per heavy atom. The molecule has 0 spiro atoms. The highest BCUT2D eigenvalue weighted by molar-refractivity contribution is 5.51. The standard InChI is InChI=1S/C18H25N3/c1-15(13-16-7-2-3-10-19-16)20-17-8-6-9-18(14-17)21-11-4-5-12-21/h4-6,8-9,11-12,14-16,19-20H,2-3,7,10,13H2,1H3. The molecular formula is C18H25N3. The van der Waals surface area contributed by atoms with Gasteiger partial charge in [-0.2, -0.15) is 0 Å². The maximum absolute atomic E-state index is 3.64. The van der Waals surface area contributed by atoms with Gasteiger partial charge in [0.25, 0.3) is 0 Å². The largest absolute Gasteiger partial charge is 0.382 e. The van der Waals surface area contributed by atoms with Gasteiger partial charge in [0.05, 0.1) is 0 Å². The Kier molecular flexibility index (Phi) is 4.61. The zero-order chi connectivity index (χ0) is 14.5. The van der Waals surface area contributed by atoms with Crippen molar-refractivity contribution in [2.75, 3.05) is 11.9 Å². The molecule has 2 atom stereocenters. The van der Waals surface area contributed by atoms with Crippen molar-refractivity contribution in [1.29, 1.82) is 0 Å². The van der Waals surface area contributed by atoms with Gasteiger partial charge in [0, 0.05) is 35.9 Å². The molecule has 1 aliphatic heterocycles. The van der Waals surface area contributed by atoms with Crippen LogP contribution in [0.25, 0.3) is 5.69 Å². The van der Waals surface area contributed by atoms with Crippen LogP contribution < -0.4 is 10.6 Å². The van der Waals surface area contributed by atoms with Crippen LogP contribution >= 0.6 is 0 Å². The lowest BCUT2D eigenvalue weighted by Gasteiger charge is -2.27. The zero-order valence-corrected chi connectivity index (χ0v) is 12.8. The third-order valence-corrected chi connectivity index (χ3v) is 4.21. The summed E-state index contributed by atoms with van der Waals surface area (Å²) < 4.78 is 2.14. The van der Waals surface area contributed by atoms with Gasteiger partial charge in [-0.25, -0.2) is 0 Å². The highest BCUT2D eigenvalue weighted by atomic mass is 15.0. The van der Waals surface area contributed by atoms with Gasteiger partial charge in [-0.1, -0.05) is 12.5 Å². The topological polar surface area (TPSA) is 29.0 Å². The number of hydrogen-bond acceptors (Lipinski definition) is 2. The predicted molar refractivity (Wildman–Crippen MR) is 89.1 cm³/mol. The fraction of sp³-hybridized carbons (Fsp3) is 0.444. The van der Waals surface area contributed by atoms with Crippen molar-refractivity contribution < 1.29 is 0 Å². The second-order valence-electron chi connectivity index (χ2n) is 6.07. The summed E-state index contributed by atoms with van der Waals surface area (Å²) in [6, 6.07) is 13.9. The normalized spacial score (nSPS) is 20.1. The van der Waals surface area contributed by atoms with Crippen LogP contribution in [0.1, 0.15) is 32.6 Å². The van der Waals surface area contributed by atoms with Crippen molar-refractivity contribution in [2.45, 2.75) is 44.7 Å². The maximum atomic E-state index is 3.64. The third kappa shape index (κ3) is 3.88. The summed E-state index contributed by atoms with van der Waals surface area (Å²) in [5.41, 5.74) is 2.40. The summed E-state index contributed by atoms with van der Waals surface area (Å²) in [5, 5.41) is 7.26. The highest BCUT2D eigenvalue weighted by Gasteiger charge is 2.15. The Hall–Kier alpha value is -1.74. The highest BCUT2D eigenvalue weighted by Crippen LogP contribution is 2.18. The summed E-state index contributed by atoms with van der Waals surface area (Å²) in [4.78, 5) is 0. The Morgan fingerprint density at radius 3 is 2.86 bits per heavy atom. The van der Waals surface area contributed by atoms with Gasteiger partial charge in [-0.15, -0.1) is 0 Å².